The van der Waals surface area contributed by atoms with E-state index in [4.69, 9.17) is 0 Å². The molecule has 3 rings (SSSR count). The number of sulfone groups is 1. The highest BCUT2D eigenvalue weighted by atomic mass is 32.2. The van der Waals surface area contributed by atoms with Gasteiger partial charge in [-0.05, 0) is 43.4 Å². The maximum atomic E-state index is 13.3. The highest BCUT2D eigenvalue weighted by Gasteiger charge is 2.45. The quantitative estimate of drug-likeness (QED) is 0.754. The molecule has 0 amide bonds. The van der Waals surface area contributed by atoms with E-state index >= 15 is 0 Å². The lowest BCUT2D eigenvalue weighted by molar-refractivity contribution is -0.140. The van der Waals surface area contributed by atoms with Gasteiger partial charge in [-0.25, -0.2) is 12.8 Å². The number of hydrogen-bond acceptors (Lipinski definition) is 3. The third-order valence-electron chi connectivity index (χ3n) is 5.25. The number of benzene rings is 1. The Morgan fingerprint density at radius 1 is 1.12 bits per heavy atom. The van der Waals surface area contributed by atoms with Gasteiger partial charge in [-0.15, -0.1) is 0 Å². The zero-order valence-electron chi connectivity index (χ0n) is 13.4. The molecule has 0 N–H and O–H groups in total. The molecule has 2 unspecified atom stereocenters. The summed E-state index contributed by atoms with van der Waals surface area (Å²) >= 11 is 0. The van der Waals surface area contributed by atoms with Crippen LogP contribution in [-0.4, -0.2) is 24.7 Å². The Kier molecular flexibility index (Phi) is 4.68. The Labute approximate surface area is 143 Å². The molecule has 2 aliphatic rings. The Balaban J connectivity index is 1.75. The highest BCUT2D eigenvalue weighted by Crippen LogP contribution is 2.40. The first-order valence-corrected chi connectivity index (χ1v) is 9.81. The summed E-state index contributed by atoms with van der Waals surface area (Å²) in [7, 11) is -3.19. The van der Waals surface area contributed by atoms with Gasteiger partial charge in [-0.1, -0.05) is 12.5 Å². The van der Waals surface area contributed by atoms with E-state index in [1.54, 1.807) is 0 Å². The van der Waals surface area contributed by atoms with Gasteiger partial charge in [0.15, 0.2) is 9.84 Å². The maximum Gasteiger partial charge on any atom is 0.419 e. The Bertz CT molecular complexity index is 766. The molecule has 8 heteroatoms. The standard InChI is InChI=1S/C17H18F4O3S/c18-15-5-4-10(6-14(15)17(19,20)21)7-16(22)11-8-12-2-1-3-13(9-11)25(12,23)24/h4-6,11-13H,1-3,7-9H2. The van der Waals surface area contributed by atoms with Gasteiger partial charge >= 0.3 is 6.18 Å². The Morgan fingerprint density at radius 3 is 2.28 bits per heavy atom. The molecule has 1 aromatic rings. The van der Waals surface area contributed by atoms with Crippen LogP contribution in [0.3, 0.4) is 0 Å². The molecule has 2 bridgehead atoms. The number of fused-ring (bicyclic) bond motifs is 2. The summed E-state index contributed by atoms with van der Waals surface area (Å²) in [6, 6.07) is 2.54. The topological polar surface area (TPSA) is 51.2 Å². The molecule has 138 valence electrons. The molecule has 0 aromatic heterocycles. The van der Waals surface area contributed by atoms with Crippen molar-refractivity contribution in [2.45, 2.75) is 55.2 Å². The Hall–Kier alpha value is -1.44. The molecule has 0 saturated carbocycles. The van der Waals surface area contributed by atoms with Crippen molar-refractivity contribution in [2.75, 3.05) is 0 Å². The molecule has 2 fully saturated rings. The summed E-state index contributed by atoms with van der Waals surface area (Å²) in [6.45, 7) is 0. The molecular formula is C17H18F4O3S. The molecule has 2 aliphatic heterocycles. The summed E-state index contributed by atoms with van der Waals surface area (Å²) in [5, 5.41) is -1.04. The number of Topliss-reactive ketones (excluding diaryl/α,β-unsaturated/α-hetero) is 1. The van der Waals surface area contributed by atoms with Crippen molar-refractivity contribution in [3.05, 3.63) is 35.1 Å². The number of carbonyl (C=O) groups excluding carboxylic acids is 1. The van der Waals surface area contributed by atoms with Crippen molar-refractivity contribution in [1.82, 2.24) is 0 Å². The number of ketones is 1. The number of alkyl halides is 3. The van der Waals surface area contributed by atoms with E-state index < -0.39 is 43.8 Å². The molecule has 2 heterocycles. The fourth-order valence-electron chi connectivity index (χ4n) is 3.92. The zero-order valence-corrected chi connectivity index (χ0v) is 14.2. The second kappa shape index (κ2) is 6.37. The van der Waals surface area contributed by atoms with Crippen molar-refractivity contribution in [2.24, 2.45) is 5.92 Å². The van der Waals surface area contributed by atoms with Crippen molar-refractivity contribution in [1.29, 1.82) is 0 Å². The molecule has 2 saturated heterocycles. The van der Waals surface area contributed by atoms with Crippen LogP contribution in [0.5, 0.6) is 0 Å². The van der Waals surface area contributed by atoms with E-state index in [1.165, 1.54) is 6.07 Å². The van der Waals surface area contributed by atoms with E-state index in [2.05, 4.69) is 0 Å². The van der Waals surface area contributed by atoms with Crippen LogP contribution in [0, 0.1) is 11.7 Å². The first kappa shape index (κ1) is 18.4. The summed E-state index contributed by atoms with van der Waals surface area (Å²) in [6.07, 6.45) is -2.68. The van der Waals surface area contributed by atoms with Crippen LogP contribution >= 0.6 is 0 Å². The number of hydrogen-bond donors (Lipinski definition) is 0. The predicted molar refractivity (Wildman–Crippen MR) is 83.2 cm³/mol. The van der Waals surface area contributed by atoms with Gasteiger partial charge in [0, 0.05) is 12.3 Å². The lowest BCUT2D eigenvalue weighted by atomic mass is 9.84. The molecule has 25 heavy (non-hydrogen) atoms. The van der Waals surface area contributed by atoms with Gasteiger partial charge in [-0.2, -0.15) is 13.2 Å². The molecule has 3 nitrogen and oxygen atoms in total. The average Bonchev–Trinajstić information content (AvgIpc) is 2.46. The minimum absolute atomic E-state index is 0.0947. The fraction of sp³-hybridized carbons (Fsp3) is 0.588. The van der Waals surface area contributed by atoms with Gasteiger partial charge in [0.1, 0.15) is 11.6 Å². The Morgan fingerprint density at radius 2 is 1.72 bits per heavy atom. The summed E-state index contributed by atoms with van der Waals surface area (Å²) in [4.78, 5) is 12.5. The number of rotatable bonds is 3. The van der Waals surface area contributed by atoms with Gasteiger partial charge in [-0.3, -0.25) is 4.79 Å². The van der Waals surface area contributed by atoms with Crippen LogP contribution in [0.1, 0.15) is 43.2 Å². The van der Waals surface area contributed by atoms with Crippen LogP contribution in [-0.2, 0) is 27.2 Å². The molecular weight excluding hydrogens is 360 g/mol. The average molecular weight is 378 g/mol. The first-order chi connectivity index (χ1) is 11.6. The third-order valence-corrected chi connectivity index (χ3v) is 7.96. The van der Waals surface area contributed by atoms with E-state index in [1.807, 2.05) is 0 Å². The number of halogens is 4. The lowest BCUT2D eigenvalue weighted by Gasteiger charge is -2.38. The van der Waals surface area contributed by atoms with Gasteiger partial charge < -0.3 is 0 Å². The van der Waals surface area contributed by atoms with Crippen molar-refractivity contribution >= 4 is 15.6 Å². The predicted octanol–water partition coefficient (Wildman–Crippen LogP) is 3.70. The van der Waals surface area contributed by atoms with Crippen LogP contribution in [0.4, 0.5) is 17.6 Å². The molecule has 0 radical (unpaired) electrons. The molecule has 0 spiro atoms. The van der Waals surface area contributed by atoms with E-state index in [0.29, 0.717) is 25.0 Å². The fourth-order valence-corrected chi connectivity index (χ4v) is 6.45. The molecule has 1 aromatic carbocycles. The third kappa shape index (κ3) is 3.59. The van der Waals surface area contributed by atoms with Crippen LogP contribution < -0.4 is 0 Å². The minimum atomic E-state index is -4.82. The minimum Gasteiger partial charge on any atom is -0.299 e. The van der Waals surface area contributed by atoms with Crippen LogP contribution in [0.15, 0.2) is 18.2 Å². The van der Waals surface area contributed by atoms with E-state index in [9.17, 15) is 30.8 Å². The maximum absolute atomic E-state index is 13.3. The molecule has 2 atom stereocenters. The second-order valence-electron chi connectivity index (χ2n) is 6.89. The van der Waals surface area contributed by atoms with E-state index in [0.717, 1.165) is 6.42 Å². The zero-order chi connectivity index (χ0) is 18.4. The van der Waals surface area contributed by atoms with Crippen molar-refractivity contribution in [3.8, 4) is 0 Å². The van der Waals surface area contributed by atoms with Gasteiger partial charge in [0.25, 0.3) is 0 Å². The molecule has 0 aliphatic carbocycles. The SMILES string of the molecule is O=C(Cc1ccc(F)c(C(F)(F)F)c1)C1CC2CCCC(C1)S2(=O)=O. The van der Waals surface area contributed by atoms with E-state index in [-0.39, 0.29) is 30.6 Å². The summed E-state index contributed by atoms with van der Waals surface area (Å²) in [5.41, 5.74) is -1.29. The van der Waals surface area contributed by atoms with Crippen molar-refractivity contribution < 1.29 is 30.8 Å². The van der Waals surface area contributed by atoms with Gasteiger partial charge in [0.05, 0.1) is 16.1 Å². The smallest absolute Gasteiger partial charge is 0.299 e. The highest BCUT2D eigenvalue weighted by molar-refractivity contribution is 7.92. The first-order valence-electron chi connectivity index (χ1n) is 8.20. The van der Waals surface area contributed by atoms with Crippen molar-refractivity contribution in [3.63, 3.8) is 0 Å². The lowest BCUT2D eigenvalue weighted by Crippen LogP contribution is -2.45. The second-order valence-corrected chi connectivity index (χ2v) is 9.40. The van der Waals surface area contributed by atoms with Gasteiger partial charge in [0.2, 0.25) is 0 Å². The van der Waals surface area contributed by atoms with Crippen LogP contribution in [0.25, 0.3) is 0 Å². The monoisotopic (exact) mass is 378 g/mol. The largest absolute Gasteiger partial charge is 0.419 e. The summed E-state index contributed by atoms with van der Waals surface area (Å²) < 4.78 is 76.1. The normalized spacial score (nSPS) is 28.6. The van der Waals surface area contributed by atoms with Crippen LogP contribution in [0.2, 0.25) is 0 Å². The summed E-state index contributed by atoms with van der Waals surface area (Å²) in [5.74, 6) is -2.10. The number of carbonyl (C=O) groups is 1.